The van der Waals surface area contributed by atoms with Crippen molar-refractivity contribution < 1.29 is 21.2 Å². The normalized spacial score (nSPS) is 21.8. The number of hydrogen-bond donors (Lipinski definition) is 0. The predicted octanol–water partition coefficient (Wildman–Crippen LogP) is 6.70. The quantitative estimate of drug-likeness (QED) is 0.140. The molecule has 0 nitrogen and oxygen atoms in total. The van der Waals surface area contributed by atoms with Crippen LogP contribution < -0.4 is 21.2 Å². The SMILES string of the molecule is C=C(/C=C/C)CCC[C@H]1[C@@H](Cc2ccc(C)c([I-]C)c2)CC[C@@H]1C/C=C(\C(=C\C)CC)C(C)C. The van der Waals surface area contributed by atoms with Gasteiger partial charge in [-0.05, 0) is 13.8 Å². The standard InChI is InChI=1S/C33H50I/c1-9-13-25(6)14-12-15-32-29(20-21-31(24(4)5)28(10-2)11-3)18-19-30(32)22-27-17-16-26(7)33(23-27)34-8/h9-10,13,16-17,21,23-24,29-30,32H,6,11-12,14-15,18-20,22H2,1-5,7-8H3/q-1/b13-9+,28-10+,31-21-/t29-,30-,32-/m1/s1. The summed E-state index contributed by atoms with van der Waals surface area (Å²) < 4.78 is 1.63. The molecule has 1 heteroatoms. The van der Waals surface area contributed by atoms with Crippen molar-refractivity contribution in [2.75, 3.05) is 4.93 Å². The van der Waals surface area contributed by atoms with Crippen LogP contribution >= 0.6 is 0 Å². The molecule has 0 spiro atoms. The Morgan fingerprint density at radius 3 is 2.53 bits per heavy atom. The number of aryl methyl sites for hydroxylation is 1. The first-order valence-corrected chi connectivity index (χ1v) is 16.8. The van der Waals surface area contributed by atoms with Gasteiger partial charge in [-0.25, -0.2) is 0 Å². The molecule has 0 saturated heterocycles. The molecule has 1 saturated carbocycles. The Kier molecular flexibility index (Phi) is 13.0. The molecule has 190 valence electrons. The number of halogens is 1. The zero-order valence-corrected chi connectivity index (χ0v) is 25.3. The van der Waals surface area contributed by atoms with E-state index < -0.39 is 0 Å². The topological polar surface area (TPSA) is 0 Å². The molecule has 0 amide bonds. The van der Waals surface area contributed by atoms with Crippen molar-refractivity contribution in [2.45, 2.75) is 92.9 Å². The van der Waals surface area contributed by atoms with Gasteiger partial charge in [0.2, 0.25) is 0 Å². The maximum atomic E-state index is 4.26. The molecule has 1 aromatic carbocycles. The molecule has 0 unspecified atom stereocenters. The fourth-order valence-electron chi connectivity index (χ4n) is 6.00. The van der Waals surface area contributed by atoms with Gasteiger partial charge in [0.25, 0.3) is 0 Å². The van der Waals surface area contributed by atoms with Gasteiger partial charge in [-0.2, -0.15) is 0 Å². The average molecular weight is 574 g/mol. The van der Waals surface area contributed by atoms with Crippen LogP contribution in [0.3, 0.4) is 0 Å². The van der Waals surface area contributed by atoms with Crippen LogP contribution in [0.2, 0.25) is 0 Å². The fraction of sp³-hybridized carbons (Fsp3) is 0.576. The summed E-state index contributed by atoms with van der Waals surface area (Å²) in [5, 5.41) is 0. The molecule has 1 aliphatic rings. The van der Waals surface area contributed by atoms with Crippen LogP contribution in [0.25, 0.3) is 0 Å². The van der Waals surface area contributed by atoms with E-state index in [0.717, 1.165) is 30.6 Å². The van der Waals surface area contributed by atoms with E-state index in [4.69, 9.17) is 0 Å². The summed E-state index contributed by atoms with van der Waals surface area (Å²) in [5.41, 5.74) is 7.48. The molecule has 0 aromatic heterocycles. The minimum atomic E-state index is 0.151. The number of hydrogen-bond acceptors (Lipinski definition) is 0. The molecular formula is C33H50I-. The molecule has 0 radical (unpaired) electrons. The van der Waals surface area contributed by atoms with Crippen LogP contribution in [0, 0.1) is 34.2 Å². The number of benzene rings is 1. The van der Waals surface area contributed by atoms with Gasteiger partial charge in [-0.3, -0.25) is 0 Å². The molecule has 3 atom stereocenters. The van der Waals surface area contributed by atoms with Gasteiger partial charge in [0.1, 0.15) is 0 Å². The number of alkyl halides is 1. The van der Waals surface area contributed by atoms with Crippen molar-refractivity contribution in [3.8, 4) is 0 Å². The van der Waals surface area contributed by atoms with Gasteiger partial charge < -0.3 is 0 Å². The van der Waals surface area contributed by atoms with Gasteiger partial charge in [0, 0.05) is 0 Å². The van der Waals surface area contributed by atoms with Crippen LogP contribution in [0.1, 0.15) is 90.7 Å². The van der Waals surface area contributed by atoms with E-state index in [-0.39, 0.29) is 21.2 Å². The maximum absolute atomic E-state index is 4.26. The predicted molar refractivity (Wildman–Crippen MR) is 149 cm³/mol. The van der Waals surface area contributed by atoms with Crippen LogP contribution in [0.5, 0.6) is 0 Å². The van der Waals surface area contributed by atoms with Gasteiger partial charge in [0.15, 0.2) is 0 Å². The average Bonchev–Trinajstić information content (AvgIpc) is 3.19. The van der Waals surface area contributed by atoms with Gasteiger partial charge in [-0.15, -0.1) is 0 Å². The zero-order valence-electron chi connectivity index (χ0n) is 23.1. The molecule has 1 aromatic rings. The summed E-state index contributed by atoms with van der Waals surface area (Å²) in [4.78, 5) is 2.39. The van der Waals surface area contributed by atoms with Crippen LogP contribution in [0.15, 0.2) is 65.8 Å². The van der Waals surface area contributed by atoms with Crippen molar-refractivity contribution in [2.24, 2.45) is 23.7 Å². The Hall–Kier alpha value is -1.09. The summed E-state index contributed by atoms with van der Waals surface area (Å²) in [6.07, 6.45) is 19.5. The van der Waals surface area contributed by atoms with E-state index >= 15 is 0 Å². The molecule has 0 bridgehead atoms. The van der Waals surface area contributed by atoms with E-state index in [2.05, 4.69) is 95.6 Å². The third-order valence-corrected chi connectivity index (χ3v) is 10.2. The summed E-state index contributed by atoms with van der Waals surface area (Å²) >= 11 is 0.151. The van der Waals surface area contributed by atoms with Crippen LogP contribution in [-0.2, 0) is 6.42 Å². The van der Waals surface area contributed by atoms with Gasteiger partial charge in [0.05, 0.1) is 0 Å². The summed E-state index contributed by atoms with van der Waals surface area (Å²) in [7, 11) is 0. The van der Waals surface area contributed by atoms with Crippen molar-refractivity contribution >= 4 is 0 Å². The van der Waals surface area contributed by atoms with E-state index in [1.54, 1.807) is 20.3 Å². The third-order valence-electron chi connectivity index (χ3n) is 7.86. The van der Waals surface area contributed by atoms with Crippen molar-refractivity contribution in [3.63, 3.8) is 0 Å². The van der Waals surface area contributed by atoms with E-state index in [9.17, 15) is 0 Å². The summed E-state index contributed by atoms with van der Waals surface area (Å²) in [5.74, 6) is 3.09. The second-order valence-corrected chi connectivity index (χ2v) is 12.7. The molecule has 34 heavy (non-hydrogen) atoms. The molecule has 0 aliphatic heterocycles. The van der Waals surface area contributed by atoms with Crippen LogP contribution in [-0.4, -0.2) is 4.93 Å². The van der Waals surface area contributed by atoms with Gasteiger partial charge >= 0.3 is 202 Å². The van der Waals surface area contributed by atoms with Gasteiger partial charge in [-0.1, -0.05) is 6.92 Å². The first-order chi connectivity index (χ1) is 16.3. The van der Waals surface area contributed by atoms with Crippen molar-refractivity contribution in [3.05, 3.63) is 80.5 Å². The second kappa shape index (κ2) is 15.1. The molecule has 2 rings (SSSR count). The molecular weight excluding hydrogens is 523 g/mol. The Morgan fingerprint density at radius 1 is 1.18 bits per heavy atom. The number of rotatable bonds is 13. The molecule has 1 fully saturated rings. The Morgan fingerprint density at radius 2 is 1.91 bits per heavy atom. The first-order valence-electron chi connectivity index (χ1n) is 13.6. The Bertz CT molecular complexity index is 867. The van der Waals surface area contributed by atoms with Crippen molar-refractivity contribution in [1.29, 1.82) is 0 Å². The van der Waals surface area contributed by atoms with E-state index in [1.165, 1.54) is 49.7 Å². The summed E-state index contributed by atoms with van der Waals surface area (Å²) in [6.45, 7) is 17.9. The molecule has 0 N–H and O–H groups in total. The van der Waals surface area contributed by atoms with E-state index in [0.29, 0.717) is 5.92 Å². The van der Waals surface area contributed by atoms with E-state index in [1.807, 2.05) is 0 Å². The summed E-state index contributed by atoms with van der Waals surface area (Å²) in [6, 6.07) is 7.32. The van der Waals surface area contributed by atoms with Crippen molar-refractivity contribution in [1.82, 2.24) is 0 Å². The fourth-order valence-corrected chi connectivity index (χ4v) is 7.75. The Balaban J connectivity index is 2.20. The first kappa shape index (κ1) is 29.1. The third kappa shape index (κ3) is 8.54. The number of allylic oxidation sites excluding steroid dienone is 7. The molecule has 0 heterocycles. The Labute approximate surface area is 222 Å². The zero-order chi connectivity index (χ0) is 25.1. The second-order valence-electron chi connectivity index (χ2n) is 10.5. The molecule has 1 aliphatic carbocycles. The monoisotopic (exact) mass is 573 g/mol. The minimum absolute atomic E-state index is 0.151. The van der Waals surface area contributed by atoms with Crippen LogP contribution in [0.4, 0.5) is 0 Å².